The van der Waals surface area contributed by atoms with E-state index in [2.05, 4.69) is 10.1 Å². The van der Waals surface area contributed by atoms with E-state index in [1.54, 1.807) is 12.1 Å². The minimum Gasteiger partial charge on any atom is -0.438 e. The molecule has 0 saturated carbocycles. The van der Waals surface area contributed by atoms with Crippen molar-refractivity contribution < 1.29 is 14.9 Å². The molecule has 0 unspecified atom stereocenters. The standard InChI is InChI=1S/C12H9ClN4O4/c13-9-6-7(3-4-10(9)17(19)20)21-12-8(11(14)16-18)2-1-5-15-12/h1-6,18H,(H2,14,16). The quantitative estimate of drug-likeness (QED) is 0.294. The summed E-state index contributed by atoms with van der Waals surface area (Å²) in [6, 6.07) is 7.00. The third kappa shape index (κ3) is 3.18. The fourth-order valence-corrected chi connectivity index (χ4v) is 1.77. The van der Waals surface area contributed by atoms with Gasteiger partial charge in [0.25, 0.3) is 5.69 Å². The largest absolute Gasteiger partial charge is 0.438 e. The van der Waals surface area contributed by atoms with E-state index in [-0.39, 0.29) is 33.7 Å². The molecule has 0 aliphatic rings. The first-order chi connectivity index (χ1) is 10.0. The number of hydrogen-bond acceptors (Lipinski definition) is 6. The lowest BCUT2D eigenvalue weighted by Gasteiger charge is -2.08. The Hall–Kier alpha value is -2.87. The van der Waals surface area contributed by atoms with Crippen LogP contribution in [0, 0.1) is 10.1 Å². The number of nitro benzene ring substituents is 1. The Morgan fingerprint density at radius 2 is 2.24 bits per heavy atom. The van der Waals surface area contributed by atoms with E-state index in [1.807, 2.05) is 0 Å². The van der Waals surface area contributed by atoms with Gasteiger partial charge in [-0.25, -0.2) is 4.98 Å². The van der Waals surface area contributed by atoms with Crippen molar-refractivity contribution in [2.24, 2.45) is 10.9 Å². The van der Waals surface area contributed by atoms with Crippen molar-refractivity contribution in [2.75, 3.05) is 0 Å². The molecule has 0 radical (unpaired) electrons. The van der Waals surface area contributed by atoms with Gasteiger partial charge in [0.1, 0.15) is 10.8 Å². The lowest BCUT2D eigenvalue weighted by Crippen LogP contribution is -2.14. The Bertz CT molecular complexity index is 720. The van der Waals surface area contributed by atoms with E-state index in [0.717, 1.165) is 0 Å². The normalized spacial score (nSPS) is 11.2. The average Bonchev–Trinajstić information content (AvgIpc) is 2.46. The Morgan fingerprint density at radius 3 is 2.86 bits per heavy atom. The summed E-state index contributed by atoms with van der Waals surface area (Å²) in [5.41, 5.74) is 5.55. The summed E-state index contributed by atoms with van der Waals surface area (Å²) in [5.74, 6) is 0.139. The molecule has 0 amide bonds. The van der Waals surface area contributed by atoms with Crippen molar-refractivity contribution in [1.29, 1.82) is 0 Å². The Balaban J connectivity index is 2.35. The molecule has 1 aromatic carbocycles. The maximum Gasteiger partial charge on any atom is 0.288 e. The maximum atomic E-state index is 10.7. The summed E-state index contributed by atoms with van der Waals surface area (Å²) in [5, 5.41) is 22.2. The van der Waals surface area contributed by atoms with E-state index in [9.17, 15) is 10.1 Å². The SMILES string of the molecule is NC(=NO)c1cccnc1Oc1ccc([N+](=O)[O-])c(Cl)c1. The Labute approximate surface area is 123 Å². The predicted molar refractivity (Wildman–Crippen MR) is 74.9 cm³/mol. The molecule has 1 aromatic heterocycles. The molecule has 0 saturated heterocycles. The van der Waals surface area contributed by atoms with E-state index >= 15 is 0 Å². The number of hydrogen-bond donors (Lipinski definition) is 2. The topological polar surface area (TPSA) is 124 Å². The van der Waals surface area contributed by atoms with E-state index < -0.39 is 4.92 Å². The molecule has 2 rings (SSSR count). The first-order valence-electron chi connectivity index (χ1n) is 5.57. The van der Waals surface area contributed by atoms with Crippen LogP contribution < -0.4 is 10.5 Å². The third-order valence-corrected chi connectivity index (χ3v) is 2.79. The number of nitro groups is 1. The van der Waals surface area contributed by atoms with Gasteiger partial charge < -0.3 is 15.7 Å². The fourth-order valence-electron chi connectivity index (χ4n) is 1.53. The highest BCUT2D eigenvalue weighted by Gasteiger charge is 2.15. The number of nitrogens with zero attached hydrogens (tertiary/aromatic N) is 3. The highest BCUT2D eigenvalue weighted by Crippen LogP contribution is 2.31. The van der Waals surface area contributed by atoms with E-state index in [1.165, 1.54) is 24.4 Å². The highest BCUT2D eigenvalue weighted by atomic mass is 35.5. The molecule has 0 fully saturated rings. The van der Waals surface area contributed by atoms with Gasteiger partial charge >= 0.3 is 0 Å². The second-order valence-corrected chi connectivity index (χ2v) is 4.22. The third-order valence-electron chi connectivity index (χ3n) is 2.49. The van der Waals surface area contributed by atoms with Crippen LogP contribution in [0.2, 0.25) is 5.02 Å². The van der Waals surface area contributed by atoms with Crippen LogP contribution in [0.3, 0.4) is 0 Å². The van der Waals surface area contributed by atoms with Crippen molar-refractivity contribution in [3.8, 4) is 11.6 Å². The number of pyridine rings is 1. The molecule has 1 heterocycles. The predicted octanol–water partition coefficient (Wildman–Crippen LogP) is 2.53. The maximum absolute atomic E-state index is 10.7. The van der Waals surface area contributed by atoms with Gasteiger partial charge in [-0.3, -0.25) is 10.1 Å². The van der Waals surface area contributed by atoms with Crippen LogP contribution in [0.5, 0.6) is 11.6 Å². The van der Waals surface area contributed by atoms with Crippen LogP contribution in [0.25, 0.3) is 0 Å². The van der Waals surface area contributed by atoms with Gasteiger partial charge in [0.2, 0.25) is 5.88 Å². The highest BCUT2D eigenvalue weighted by molar-refractivity contribution is 6.32. The van der Waals surface area contributed by atoms with Crippen LogP contribution in [0.15, 0.2) is 41.7 Å². The zero-order chi connectivity index (χ0) is 15.4. The molecule has 2 aromatic rings. The van der Waals surface area contributed by atoms with Gasteiger partial charge in [-0.15, -0.1) is 0 Å². The number of nitrogens with two attached hydrogens (primary N) is 1. The minimum atomic E-state index is -0.602. The molecule has 108 valence electrons. The number of halogens is 1. The smallest absolute Gasteiger partial charge is 0.288 e. The number of ether oxygens (including phenoxy) is 1. The molecule has 21 heavy (non-hydrogen) atoms. The summed E-state index contributed by atoms with van der Waals surface area (Å²) in [6.07, 6.45) is 1.45. The molecule has 0 atom stereocenters. The number of amidine groups is 1. The molecule has 0 aliphatic heterocycles. The molecular weight excluding hydrogens is 300 g/mol. The van der Waals surface area contributed by atoms with E-state index in [0.29, 0.717) is 0 Å². The molecule has 8 nitrogen and oxygen atoms in total. The first kappa shape index (κ1) is 14.5. The number of aromatic nitrogens is 1. The average molecular weight is 309 g/mol. The van der Waals surface area contributed by atoms with Crippen molar-refractivity contribution in [2.45, 2.75) is 0 Å². The Kier molecular flexibility index (Phi) is 4.19. The van der Waals surface area contributed by atoms with Crippen molar-refractivity contribution in [3.63, 3.8) is 0 Å². The molecule has 0 aliphatic carbocycles. The van der Waals surface area contributed by atoms with Gasteiger partial charge in [-0.05, 0) is 18.2 Å². The minimum absolute atomic E-state index is 0.0706. The second kappa shape index (κ2) is 6.06. The lowest BCUT2D eigenvalue weighted by molar-refractivity contribution is -0.384. The summed E-state index contributed by atoms with van der Waals surface area (Å²) >= 11 is 5.79. The second-order valence-electron chi connectivity index (χ2n) is 3.81. The summed E-state index contributed by atoms with van der Waals surface area (Å²) < 4.78 is 5.46. The van der Waals surface area contributed by atoms with E-state index in [4.69, 9.17) is 27.3 Å². The van der Waals surface area contributed by atoms with Gasteiger partial charge in [0.05, 0.1) is 10.5 Å². The number of benzene rings is 1. The molecule has 9 heteroatoms. The van der Waals surface area contributed by atoms with Crippen molar-refractivity contribution in [3.05, 3.63) is 57.2 Å². The first-order valence-corrected chi connectivity index (χ1v) is 5.95. The summed E-state index contributed by atoms with van der Waals surface area (Å²) in [4.78, 5) is 14.0. The van der Waals surface area contributed by atoms with Gasteiger partial charge in [-0.1, -0.05) is 16.8 Å². The Morgan fingerprint density at radius 1 is 1.48 bits per heavy atom. The molecule has 0 bridgehead atoms. The summed E-state index contributed by atoms with van der Waals surface area (Å²) in [6.45, 7) is 0. The van der Waals surface area contributed by atoms with Crippen LogP contribution in [0.4, 0.5) is 5.69 Å². The van der Waals surface area contributed by atoms with Crippen molar-refractivity contribution >= 4 is 23.1 Å². The van der Waals surface area contributed by atoms with Crippen LogP contribution in [-0.2, 0) is 0 Å². The number of rotatable bonds is 4. The van der Waals surface area contributed by atoms with Gasteiger partial charge in [0.15, 0.2) is 5.84 Å². The monoisotopic (exact) mass is 308 g/mol. The molecule has 3 N–H and O–H groups in total. The lowest BCUT2D eigenvalue weighted by atomic mass is 10.2. The van der Waals surface area contributed by atoms with Gasteiger partial charge in [-0.2, -0.15) is 0 Å². The zero-order valence-corrected chi connectivity index (χ0v) is 11.2. The van der Waals surface area contributed by atoms with Crippen LogP contribution in [0.1, 0.15) is 5.56 Å². The number of oxime groups is 1. The molecular formula is C12H9ClN4O4. The summed E-state index contributed by atoms with van der Waals surface area (Å²) in [7, 11) is 0. The molecule has 0 spiro atoms. The van der Waals surface area contributed by atoms with Crippen molar-refractivity contribution in [1.82, 2.24) is 4.98 Å². The fraction of sp³-hybridized carbons (Fsp3) is 0. The van der Waals surface area contributed by atoms with Crippen LogP contribution in [-0.4, -0.2) is 21.0 Å². The van der Waals surface area contributed by atoms with Crippen LogP contribution >= 0.6 is 11.6 Å². The van der Waals surface area contributed by atoms with Gasteiger partial charge in [0, 0.05) is 18.3 Å². The zero-order valence-electron chi connectivity index (χ0n) is 10.4.